The summed E-state index contributed by atoms with van der Waals surface area (Å²) < 4.78 is 0. The average molecular weight is 158 g/mol. The monoisotopic (exact) mass is 158 g/mol. The Hall–Kier alpha value is -1.44. The molecule has 60 valence electrons. The Morgan fingerprint density at radius 2 is 2.25 bits per heavy atom. The van der Waals surface area contributed by atoms with Gasteiger partial charge in [0.05, 0.1) is 5.52 Å². The topological polar surface area (TPSA) is 25.8 Å². The summed E-state index contributed by atoms with van der Waals surface area (Å²) in [6.07, 6.45) is 6.54. The van der Waals surface area contributed by atoms with Gasteiger partial charge in [0.25, 0.3) is 0 Å². The quantitative estimate of drug-likeness (QED) is 0.635. The first-order chi connectivity index (χ1) is 5.92. The van der Waals surface area contributed by atoms with Crippen LogP contribution in [0.2, 0.25) is 0 Å². The van der Waals surface area contributed by atoms with Gasteiger partial charge in [0.1, 0.15) is 0 Å². The largest absolute Gasteiger partial charge is 0.264 e. The molecule has 12 heavy (non-hydrogen) atoms. The molecule has 2 aromatic rings. The lowest BCUT2D eigenvalue weighted by atomic mass is 10.1. The number of hydrogen-bond donors (Lipinski definition) is 0. The predicted molar refractivity (Wildman–Crippen MR) is 48.9 cm³/mol. The van der Waals surface area contributed by atoms with Gasteiger partial charge in [-0.2, -0.15) is 0 Å². The lowest BCUT2D eigenvalue weighted by molar-refractivity contribution is 1.11. The zero-order valence-electron chi connectivity index (χ0n) is 6.99. The summed E-state index contributed by atoms with van der Waals surface area (Å²) in [6.45, 7) is 2.12. The summed E-state index contributed by atoms with van der Waals surface area (Å²) in [5, 5.41) is 1.12. The summed E-state index contributed by atoms with van der Waals surface area (Å²) in [4.78, 5) is 8.46. The minimum Gasteiger partial charge on any atom is -0.264 e. The van der Waals surface area contributed by atoms with Crippen LogP contribution in [0, 0.1) is 0 Å². The molecule has 0 unspecified atom stereocenters. The molecule has 0 aromatic carbocycles. The van der Waals surface area contributed by atoms with Gasteiger partial charge in [-0.05, 0) is 24.1 Å². The number of aryl methyl sites for hydroxylation is 1. The van der Waals surface area contributed by atoms with Crippen molar-refractivity contribution in [3.8, 4) is 0 Å². The molecule has 0 aliphatic heterocycles. The van der Waals surface area contributed by atoms with Gasteiger partial charge in [0.15, 0.2) is 0 Å². The first-order valence-electron chi connectivity index (χ1n) is 4.09. The third kappa shape index (κ3) is 1.05. The molecule has 0 bridgehead atoms. The number of pyridine rings is 2. The van der Waals surface area contributed by atoms with E-state index in [0.29, 0.717) is 0 Å². The highest BCUT2D eigenvalue weighted by Gasteiger charge is 1.98. The summed E-state index contributed by atoms with van der Waals surface area (Å²) >= 11 is 0. The molecule has 0 N–H and O–H groups in total. The molecule has 2 heterocycles. The number of aromatic nitrogens is 2. The van der Waals surface area contributed by atoms with Crippen molar-refractivity contribution >= 4 is 10.9 Å². The highest BCUT2D eigenvalue weighted by atomic mass is 14.7. The third-order valence-electron chi connectivity index (χ3n) is 1.97. The Kier molecular flexibility index (Phi) is 1.74. The molecular weight excluding hydrogens is 148 g/mol. The van der Waals surface area contributed by atoms with E-state index in [-0.39, 0.29) is 0 Å². The van der Waals surface area contributed by atoms with Gasteiger partial charge in [0.2, 0.25) is 0 Å². The summed E-state index contributed by atoms with van der Waals surface area (Å²) in [5.74, 6) is 0. The van der Waals surface area contributed by atoms with Gasteiger partial charge in [0, 0.05) is 24.0 Å². The van der Waals surface area contributed by atoms with Crippen molar-refractivity contribution in [3.63, 3.8) is 0 Å². The van der Waals surface area contributed by atoms with Gasteiger partial charge in [-0.1, -0.05) is 6.92 Å². The molecule has 2 nitrogen and oxygen atoms in total. The van der Waals surface area contributed by atoms with Crippen LogP contribution < -0.4 is 0 Å². The lowest BCUT2D eigenvalue weighted by Crippen LogP contribution is -1.87. The second-order valence-corrected chi connectivity index (χ2v) is 2.73. The molecule has 2 heteroatoms. The van der Waals surface area contributed by atoms with Crippen LogP contribution in [-0.4, -0.2) is 9.97 Å². The van der Waals surface area contributed by atoms with Crippen LogP contribution in [0.15, 0.2) is 30.7 Å². The minimum atomic E-state index is 0.987. The summed E-state index contributed by atoms with van der Waals surface area (Å²) in [7, 11) is 0. The molecule has 0 aliphatic rings. The standard InChI is InChI=1S/C10H10N2/c1-2-8-6-11-7-9-4-3-5-12-10(8)9/h3-7H,2H2,1H3. The van der Waals surface area contributed by atoms with Crippen molar-refractivity contribution in [2.75, 3.05) is 0 Å². The van der Waals surface area contributed by atoms with E-state index in [2.05, 4.69) is 16.9 Å². The first kappa shape index (κ1) is 7.22. The molecule has 0 amide bonds. The predicted octanol–water partition coefficient (Wildman–Crippen LogP) is 2.19. The van der Waals surface area contributed by atoms with Crippen LogP contribution in [0.25, 0.3) is 10.9 Å². The van der Waals surface area contributed by atoms with E-state index >= 15 is 0 Å². The van der Waals surface area contributed by atoms with E-state index in [1.165, 1.54) is 5.56 Å². The van der Waals surface area contributed by atoms with Crippen LogP contribution in [-0.2, 0) is 6.42 Å². The number of fused-ring (bicyclic) bond motifs is 1. The molecule has 0 saturated carbocycles. The van der Waals surface area contributed by atoms with Crippen molar-refractivity contribution in [1.29, 1.82) is 0 Å². The van der Waals surface area contributed by atoms with E-state index in [9.17, 15) is 0 Å². The van der Waals surface area contributed by atoms with Crippen LogP contribution in [0.1, 0.15) is 12.5 Å². The molecule has 0 saturated heterocycles. The van der Waals surface area contributed by atoms with Crippen LogP contribution >= 0.6 is 0 Å². The van der Waals surface area contributed by atoms with Crippen molar-refractivity contribution in [2.45, 2.75) is 13.3 Å². The molecule has 0 aliphatic carbocycles. The highest BCUT2D eigenvalue weighted by molar-refractivity contribution is 5.80. The van der Waals surface area contributed by atoms with Crippen molar-refractivity contribution < 1.29 is 0 Å². The normalized spacial score (nSPS) is 10.4. The van der Waals surface area contributed by atoms with Gasteiger partial charge in [-0.15, -0.1) is 0 Å². The van der Waals surface area contributed by atoms with Gasteiger partial charge in [-0.25, -0.2) is 0 Å². The van der Waals surface area contributed by atoms with E-state index in [4.69, 9.17) is 0 Å². The molecule has 2 rings (SSSR count). The molecule has 0 radical (unpaired) electrons. The number of nitrogens with zero attached hydrogens (tertiary/aromatic N) is 2. The van der Waals surface area contributed by atoms with Crippen molar-refractivity contribution in [3.05, 3.63) is 36.3 Å². The van der Waals surface area contributed by atoms with E-state index in [1.54, 1.807) is 0 Å². The maximum Gasteiger partial charge on any atom is 0.0764 e. The molecule has 2 aromatic heterocycles. The van der Waals surface area contributed by atoms with E-state index < -0.39 is 0 Å². The van der Waals surface area contributed by atoms with Crippen molar-refractivity contribution in [1.82, 2.24) is 9.97 Å². The number of hydrogen-bond acceptors (Lipinski definition) is 2. The zero-order valence-corrected chi connectivity index (χ0v) is 6.99. The summed E-state index contributed by atoms with van der Waals surface area (Å²) in [5.41, 5.74) is 2.29. The van der Waals surface area contributed by atoms with Crippen molar-refractivity contribution in [2.24, 2.45) is 0 Å². The van der Waals surface area contributed by atoms with E-state index in [1.807, 2.05) is 30.7 Å². The summed E-state index contributed by atoms with van der Waals surface area (Å²) in [6, 6.07) is 3.97. The Bertz CT molecular complexity index is 390. The van der Waals surface area contributed by atoms with Crippen LogP contribution in [0.5, 0.6) is 0 Å². The fraction of sp³-hybridized carbons (Fsp3) is 0.200. The second-order valence-electron chi connectivity index (χ2n) is 2.73. The number of rotatable bonds is 1. The molecule has 0 atom stereocenters. The third-order valence-corrected chi connectivity index (χ3v) is 1.97. The van der Waals surface area contributed by atoms with Crippen LogP contribution in [0.4, 0.5) is 0 Å². The molecular formula is C10H10N2. The van der Waals surface area contributed by atoms with Gasteiger partial charge < -0.3 is 0 Å². The smallest absolute Gasteiger partial charge is 0.0764 e. The Morgan fingerprint density at radius 3 is 3.08 bits per heavy atom. The first-order valence-corrected chi connectivity index (χ1v) is 4.09. The molecule has 0 spiro atoms. The minimum absolute atomic E-state index is 0.987. The molecule has 0 fully saturated rings. The Morgan fingerprint density at radius 1 is 1.33 bits per heavy atom. The maximum absolute atomic E-state index is 4.31. The zero-order chi connectivity index (χ0) is 8.39. The SMILES string of the molecule is CCc1cncc2cccnc12. The van der Waals surface area contributed by atoms with Gasteiger partial charge >= 0.3 is 0 Å². The van der Waals surface area contributed by atoms with Crippen LogP contribution in [0.3, 0.4) is 0 Å². The Labute approximate surface area is 71.3 Å². The maximum atomic E-state index is 4.31. The van der Waals surface area contributed by atoms with Gasteiger partial charge in [-0.3, -0.25) is 9.97 Å². The second kappa shape index (κ2) is 2.89. The average Bonchev–Trinajstić information content (AvgIpc) is 2.17. The fourth-order valence-electron chi connectivity index (χ4n) is 1.32. The highest BCUT2D eigenvalue weighted by Crippen LogP contribution is 2.13. The Balaban J connectivity index is 2.79. The van der Waals surface area contributed by atoms with E-state index in [0.717, 1.165) is 17.3 Å². The lowest BCUT2D eigenvalue weighted by Gasteiger charge is -2.00. The fourth-order valence-corrected chi connectivity index (χ4v) is 1.32.